The van der Waals surface area contributed by atoms with Gasteiger partial charge in [0.15, 0.2) is 0 Å². The predicted molar refractivity (Wildman–Crippen MR) is 69.4 cm³/mol. The lowest BCUT2D eigenvalue weighted by atomic mass is 10.1. The van der Waals surface area contributed by atoms with Gasteiger partial charge in [-0.25, -0.2) is 0 Å². The van der Waals surface area contributed by atoms with E-state index in [1.54, 1.807) is 0 Å². The van der Waals surface area contributed by atoms with Crippen molar-refractivity contribution >= 4 is 21.6 Å². The molecule has 1 saturated carbocycles. The fraction of sp³-hybridized carbons (Fsp3) is 0.462. The largest absolute Gasteiger partial charge is 0.372 e. The average Bonchev–Trinajstić information content (AvgIpc) is 3.10. The molecule has 84 valence electrons. The van der Waals surface area contributed by atoms with Crippen LogP contribution in [0.1, 0.15) is 25.3 Å². The SMILES string of the molecule is CC(C1CC1)N(C)c1cc(Br)cc(C#N)c1. The Hall–Kier alpha value is -1.01. The van der Waals surface area contributed by atoms with E-state index in [0.29, 0.717) is 11.6 Å². The topological polar surface area (TPSA) is 27.0 Å². The fourth-order valence-electron chi connectivity index (χ4n) is 1.97. The summed E-state index contributed by atoms with van der Waals surface area (Å²) in [6.45, 7) is 2.25. The molecule has 0 aromatic heterocycles. The van der Waals surface area contributed by atoms with E-state index < -0.39 is 0 Å². The average molecular weight is 279 g/mol. The molecular weight excluding hydrogens is 264 g/mol. The third kappa shape index (κ3) is 2.38. The first kappa shape index (κ1) is 11.5. The van der Waals surface area contributed by atoms with Crippen molar-refractivity contribution in [3.63, 3.8) is 0 Å². The molecule has 0 spiro atoms. The van der Waals surface area contributed by atoms with Crippen LogP contribution in [-0.2, 0) is 0 Å². The molecule has 1 unspecified atom stereocenters. The summed E-state index contributed by atoms with van der Waals surface area (Å²) in [5.41, 5.74) is 1.82. The highest BCUT2D eigenvalue weighted by Crippen LogP contribution is 2.36. The standard InChI is InChI=1S/C13H15BrN2/c1-9(11-3-4-11)16(2)13-6-10(8-15)5-12(14)7-13/h5-7,9,11H,3-4H2,1-2H3. The maximum Gasteiger partial charge on any atom is 0.0992 e. The minimum Gasteiger partial charge on any atom is -0.372 e. The molecule has 2 nitrogen and oxygen atoms in total. The number of halogens is 1. The third-order valence-corrected chi connectivity index (χ3v) is 3.79. The Morgan fingerprint density at radius 3 is 2.69 bits per heavy atom. The van der Waals surface area contributed by atoms with Crippen molar-refractivity contribution in [1.29, 1.82) is 5.26 Å². The second kappa shape index (κ2) is 4.47. The molecule has 1 aliphatic carbocycles. The highest BCUT2D eigenvalue weighted by atomic mass is 79.9. The van der Waals surface area contributed by atoms with Gasteiger partial charge in [0.05, 0.1) is 11.6 Å². The van der Waals surface area contributed by atoms with Crippen molar-refractivity contribution in [3.05, 3.63) is 28.2 Å². The number of hydrogen-bond acceptors (Lipinski definition) is 2. The molecule has 1 aromatic rings. The Kier molecular flexibility index (Phi) is 3.20. The highest BCUT2D eigenvalue weighted by Gasteiger charge is 2.30. The van der Waals surface area contributed by atoms with Crippen LogP contribution >= 0.6 is 15.9 Å². The van der Waals surface area contributed by atoms with E-state index in [0.717, 1.165) is 16.1 Å². The van der Waals surface area contributed by atoms with Crippen LogP contribution in [0.4, 0.5) is 5.69 Å². The minimum absolute atomic E-state index is 0.556. The molecule has 1 aromatic carbocycles. The van der Waals surface area contributed by atoms with Gasteiger partial charge in [0.1, 0.15) is 0 Å². The van der Waals surface area contributed by atoms with Gasteiger partial charge < -0.3 is 4.90 Å². The summed E-state index contributed by atoms with van der Waals surface area (Å²) in [4.78, 5) is 2.27. The molecule has 0 N–H and O–H groups in total. The van der Waals surface area contributed by atoms with Crippen molar-refractivity contribution in [2.24, 2.45) is 5.92 Å². The summed E-state index contributed by atoms with van der Waals surface area (Å²) in [5.74, 6) is 0.828. The number of nitriles is 1. The van der Waals surface area contributed by atoms with Crippen LogP contribution in [0.3, 0.4) is 0 Å². The Morgan fingerprint density at radius 1 is 1.44 bits per heavy atom. The second-order valence-corrected chi connectivity index (χ2v) is 5.41. The first-order chi connectivity index (χ1) is 7.61. The molecule has 0 heterocycles. The normalized spacial score (nSPS) is 16.6. The van der Waals surface area contributed by atoms with Gasteiger partial charge in [-0.2, -0.15) is 5.26 Å². The quantitative estimate of drug-likeness (QED) is 0.846. The molecule has 16 heavy (non-hydrogen) atoms. The smallest absolute Gasteiger partial charge is 0.0992 e. The van der Waals surface area contributed by atoms with Crippen molar-refractivity contribution in [2.75, 3.05) is 11.9 Å². The summed E-state index contributed by atoms with van der Waals surface area (Å²) < 4.78 is 0.969. The van der Waals surface area contributed by atoms with E-state index >= 15 is 0 Å². The van der Waals surface area contributed by atoms with E-state index in [1.165, 1.54) is 12.8 Å². The minimum atomic E-state index is 0.556. The number of hydrogen-bond donors (Lipinski definition) is 0. The molecular formula is C13H15BrN2. The Morgan fingerprint density at radius 2 is 2.12 bits per heavy atom. The molecule has 1 fully saturated rings. The first-order valence-electron chi connectivity index (χ1n) is 5.55. The number of nitrogens with zero attached hydrogens (tertiary/aromatic N) is 2. The van der Waals surface area contributed by atoms with Crippen LogP contribution in [-0.4, -0.2) is 13.1 Å². The van der Waals surface area contributed by atoms with E-state index in [2.05, 4.69) is 46.9 Å². The lowest BCUT2D eigenvalue weighted by Crippen LogP contribution is -2.30. The van der Waals surface area contributed by atoms with E-state index in [9.17, 15) is 0 Å². The summed E-state index contributed by atoms with van der Waals surface area (Å²) in [6, 6.07) is 8.61. The summed E-state index contributed by atoms with van der Waals surface area (Å²) in [5, 5.41) is 8.94. The Balaban J connectivity index is 2.25. The molecule has 0 bridgehead atoms. The monoisotopic (exact) mass is 278 g/mol. The fourth-order valence-corrected chi connectivity index (χ4v) is 2.45. The zero-order chi connectivity index (χ0) is 11.7. The van der Waals surface area contributed by atoms with Crippen molar-refractivity contribution in [2.45, 2.75) is 25.8 Å². The maximum atomic E-state index is 8.94. The molecule has 3 heteroatoms. The predicted octanol–water partition coefficient (Wildman–Crippen LogP) is 3.56. The highest BCUT2D eigenvalue weighted by molar-refractivity contribution is 9.10. The molecule has 1 atom stereocenters. The lowest BCUT2D eigenvalue weighted by molar-refractivity contribution is 0.609. The molecule has 0 amide bonds. The van der Waals surface area contributed by atoms with Gasteiger partial charge in [0, 0.05) is 23.2 Å². The van der Waals surface area contributed by atoms with Crippen LogP contribution in [0.5, 0.6) is 0 Å². The molecule has 0 radical (unpaired) electrons. The zero-order valence-electron chi connectivity index (χ0n) is 9.57. The van der Waals surface area contributed by atoms with Crippen LogP contribution < -0.4 is 4.90 Å². The maximum absolute atomic E-state index is 8.94. The summed E-state index contributed by atoms with van der Waals surface area (Å²) >= 11 is 3.45. The van der Waals surface area contributed by atoms with E-state index in [1.807, 2.05) is 12.1 Å². The van der Waals surface area contributed by atoms with Gasteiger partial charge in [-0.05, 0) is 43.9 Å². The molecule has 2 rings (SSSR count). The summed E-state index contributed by atoms with van der Waals surface area (Å²) in [6.07, 6.45) is 2.68. The number of benzene rings is 1. The van der Waals surface area contributed by atoms with Gasteiger partial charge in [-0.3, -0.25) is 0 Å². The van der Waals surface area contributed by atoms with Crippen LogP contribution in [0.2, 0.25) is 0 Å². The van der Waals surface area contributed by atoms with E-state index in [-0.39, 0.29) is 0 Å². The van der Waals surface area contributed by atoms with Crippen LogP contribution in [0, 0.1) is 17.2 Å². The van der Waals surface area contributed by atoms with Crippen LogP contribution in [0.25, 0.3) is 0 Å². The number of rotatable bonds is 3. The van der Waals surface area contributed by atoms with Gasteiger partial charge >= 0.3 is 0 Å². The molecule has 1 aliphatic rings. The Labute approximate surface area is 105 Å². The zero-order valence-corrected chi connectivity index (χ0v) is 11.2. The van der Waals surface area contributed by atoms with Gasteiger partial charge in [0.25, 0.3) is 0 Å². The van der Waals surface area contributed by atoms with Crippen molar-refractivity contribution in [3.8, 4) is 6.07 Å². The lowest BCUT2D eigenvalue weighted by Gasteiger charge is -2.27. The van der Waals surface area contributed by atoms with Gasteiger partial charge in [-0.15, -0.1) is 0 Å². The summed E-state index contributed by atoms with van der Waals surface area (Å²) in [7, 11) is 2.10. The third-order valence-electron chi connectivity index (χ3n) is 3.33. The molecule has 0 aliphatic heterocycles. The van der Waals surface area contributed by atoms with Gasteiger partial charge in [-0.1, -0.05) is 15.9 Å². The van der Waals surface area contributed by atoms with Gasteiger partial charge in [0.2, 0.25) is 0 Å². The number of anilines is 1. The first-order valence-corrected chi connectivity index (χ1v) is 6.34. The van der Waals surface area contributed by atoms with Crippen molar-refractivity contribution in [1.82, 2.24) is 0 Å². The molecule has 0 saturated heterocycles. The van der Waals surface area contributed by atoms with Crippen molar-refractivity contribution < 1.29 is 0 Å². The van der Waals surface area contributed by atoms with E-state index in [4.69, 9.17) is 5.26 Å². The Bertz CT molecular complexity index is 432. The van der Waals surface area contributed by atoms with Crippen LogP contribution in [0.15, 0.2) is 22.7 Å². The second-order valence-electron chi connectivity index (χ2n) is 4.50.